The molecule has 1 unspecified atom stereocenters. The normalized spacial score (nSPS) is 17.1. The summed E-state index contributed by atoms with van der Waals surface area (Å²) in [4.78, 5) is 13.8. The highest BCUT2D eigenvalue weighted by atomic mass is 19.1. The van der Waals surface area contributed by atoms with Crippen LogP contribution in [0.1, 0.15) is 30.9 Å². The lowest BCUT2D eigenvalue weighted by atomic mass is 9.85. The van der Waals surface area contributed by atoms with E-state index in [1.54, 1.807) is 6.07 Å². The standard InChI is InChI=1S/C15H21FN2O/c1-18(2)14(12-7-4-8-13(16)9-12)10-17-15(19)11-5-3-6-11/h4,7-9,11,14H,3,5-6,10H2,1-2H3,(H,17,19). The molecule has 1 aromatic carbocycles. The summed E-state index contributed by atoms with van der Waals surface area (Å²) in [7, 11) is 3.87. The average molecular weight is 264 g/mol. The molecular weight excluding hydrogens is 243 g/mol. The number of benzene rings is 1. The largest absolute Gasteiger partial charge is 0.354 e. The number of nitrogens with zero attached hydrogens (tertiary/aromatic N) is 1. The molecule has 0 spiro atoms. The molecular formula is C15H21FN2O. The Morgan fingerprint density at radius 2 is 2.21 bits per heavy atom. The number of likely N-dealkylation sites (N-methyl/N-ethyl adjacent to an activating group) is 1. The fraction of sp³-hybridized carbons (Fsp3) is 0.533. The van der Waals surface area contributed by atoms with Crippen LogP contribution in [-0.4, -0.2) is 31.4 Å². The van der Waals surface area contributed by atoms with Crippen LogP contribution in [0.5, 0.6) is 0 Å². The van der Waals surface area contributed by atoms with Crippen LogP contribution in [0.15, 0.2) is 24.3 Å². The summed E-state index contributed by atoms with van der Waals surface area (Å²) in [5, 5.41) is 2.98. The second-order valence-corrected chi connectivity index (χ2v) is 5.41. The van der Waals surface area contributed by atoms with E-state index in [4.69, 9.17) is 0 Å². The van der Waals surface area contributed by atoms with E-state index in [-0.39, 0.29) is 23.7 Å². The minimum absolute atomic E-state index is 0.000253. The molecule has 1 aromatic rings. The molecule has 0 radical (unpaired) electrons. The number of halogens is 1. The Labute approximate surface area is 113 Å². The van der Waals surface area contributed by atoms with Gasteiger partial charge < -0.3 is 10.2 Å². The lowest BCUT2D eigenvalue weighted by Gasteiger charge is -2.28. The quantitative estimate of drug-likeness (QED) is 0.885. The molecule has 1 fully saturated rings. The van der Waals surface area contributed by atoms with Crippen LogP contribution in [-0.2, 0) is 4.79 Å². The van der Waals surface area contributed by atoms with Crippen LogP contribution >= 0.6 is 0 Å². The van der Waals surface area contributed by atoms with Crippen molar-refractivity contribution in [3.8, 4) is 0 Å². The van der Waals surface area contributed by atoms with Crippen molar-refractivity contribution < 1.29 is 9.18 Å². The smallest absolute Gasteiger partial charge is 0.223 e. The van der Waals surface area contributed by atoms with Gasteiger partial charge in [-0.2, -0.15) is 0 Å². The molecule has 19 heavy (non-hydrogen) atoms. The third kappa shape index (κ3) is 3.53. The highest BCUT2D eigenvalue weighted by molar-refractivity contribution is 5.79. The summed E-state index contributed by atoms with van der Waals surface area (Å²) in [6.07, 6.45) is 3.15. The molecule has 104 valence electrons. The molecule has 0 aliphatic heterocycles. The fourth-order valence-corrected chi connectivity index (χ4v) is 2.32. The molecule has 0 bridgehead atoms. The summed E-state index contributed by atoms with van der Waals surface area (Å²) in [5.74, 6) is 0.0829. The fourth-order valence-electron chi connectivity index (χ4n) is 2.32. The molecule has 1 N–H and O–H groups in total. The van der Waals surface area contributed by atoms with E-state index in [1.807, 2.05) is 25.1 Å². The maximum atomic E-state index is 13.3. The van der Waals surface area contributed by atoms with Crippen molar-refractivity contribution in [2.24, 2.45) is 5.92 Å². The van der Waals surface area contributed by atoms with Gasteiger partial charge in [-0.3, -0.25) is 4.79 Å². The molecule has 3 nitrogen and oxygen atoms in total. The van der Waals surface area contributed by atoms with Crippen molar-refractivity contribution in [1.82, 2.24) is 10.2 Å². The van der Waals surface area contributed by atoms with Crippen LogP contribution in [0.25, 0.3) is 0 Å². The van der Waals surface area contributed by atoms with Crippen molar-refractivity contribution >= 4 is 5.91 Å². The summed E-state index contributed by atoms with van der Waals surface area (Å²) >= 11 is 0. The SMILES string of the molecule is CN(C)C(CNC(=O)C1CCC1)c1cccc(F)c1. The van der Waals surface area contributed by atoms with E-state index < -0.39 is 0 Å². The molecule has 1 atom stereocenters. The second kappa shape index (κ2) is 6.15. The number of nitrogens with one attached hydrogen (secondary N) is 1. The molecule has 0 aromatic heterocycles. The first kappa shape index (κ1) is 14.0. The van der Waals surface area contributed by atoms with Gasteiger partial charge in [-0.1, -0.05) is 18.6 Å². The summed E-state index contributed by atoms with van der Waals surface area (Å²) in [5.41, 5.74) is 0.888. The summed E-state index contributed by atoms with van der Waals surface area (Å²) in [6.45, 7) is 0.520. The molecule has 1 amide bonds. The lowest BCUT2D eigenvalue weighted by Crippen LogP contribution is -2.39. The average Bonchev–Trinajstić information content (AvgIpc) is 2.26. The third-order valence-electron chi connectivity index (χ3n) is 3.80. The van der Waals surface area contributed by atoms with E-state index >= 15 is 0 Å². The maximum Gasteiger partial charge on any atom is 0.223 e. The van der Waals surface area contributed by atoms with Gasteiger partial charge in [0.25, 0.3) is 0 Å². The van der Waals surface area contributed by atoms with Gasteiger partial charge in [0.1, 0.15) is 5.82 Å². The number of rotatable bonds is 5. The molecule has 4 heteroatoms. The Kier molecular flexibility index (Phi) is 4.53. The van der Waals surface area contributed by atoms with Gasteiger partial charge in [0.15, 0.2) is 0 Å². The zero-order chi connectivity index (χ0) is 13.8. The van der Waals surface area contributed by atoms with Gasteiger partial charge >= 0.3 is 0 Å². The highest BCUT2D eigenvalue weighted by Crippen LogP contribution is 2.26. The highest BCUT2D eigenvalue weighted by Gasteiger charge is 2.26. The van der Waals surface area contributed by atoms with Crippen LogP contribution < -0.4 is 5.32 Å². The first-order chi connectivity index (χ1) is 9.08. The van der Waals surface area contributed by atoms with Crippen LogP contribution in [0.3, 0.4) is 0 Å². The zero-order valence-corrected chi connectivity index (χ0v) is 11.5. The molecule has 1 saturated carbocycles. The monoisotopic (exact) mass is 264 g/mol. The van der Waals surface area contributed by atoms with E-state index in [0.29, 0.717) is 6.54 Å². The van der Waals surface area contributed by atoms with Gasteiger partial charge in [-0.05, 0) is 44.6 Å². The Balaban J connectivity index is 1.98. The van der Waals surface area contributed by atoms with Gasteiger partial charge in [0.05, 0.1) is 6.04 Å². The molecule has 0 heterocycles. The zero-order valence-electron chi connectivity index (χ0n) is 11.5. The number of amides is 1. The van der Waals surface area contributed by atoms with Crippen LogP contribution in [0, 0.1) is 11.7 Å². The first-order valence-electron chi connectivity index (χ1n) is 6.77. The predicted molar refractivity (Wildman–Crippen MR) is 73.2 cm³/mol. The summed E-state index contributed by atoms with van der Waals surface area (Å²) < 4.78 is 13.3. The molecule has 1 aliphatic carbocycles. The van der Waals surface area contributed by atoms with E-state index in [0.717, 1.165) is 24.8 Å². The molecule has 1 aliphatic rings. The second-order valence-electron chi connectivity index (χ2n) is 5.41. The summed E-state index contributed by atoms with van der Waals surface area (Å²) in [6, 6.07) is 6.56. The Morgan fingerprint density at radius 1 is 1.47 bits per heavy atom. The predicted octanol–water partition coefficient (Wildman–Crippen LogP) is 2.34. The van der Waals surface area contributed by atoms with Crippen LogP contribution in [0.4, 0.5) is 4.39 Å². The van der Waals surface area contributed by atoms with Gasteiger partial charge in [-0.25, -0.2) is 4.39 Å². The first-order valence-corrected chi connectivity index (χ1v) is 6.77. The molecule has 2 rings (SSSR count). The van der Waals surface area contributed by atoms with E-state index in [1.165, 1.54) is 12.1 Å². The van der Waals surface area contributed by atoms with Gasteiger partial charge in [0.2, 0.25) is 5.91 Å². The Morgan fingerprint density at radius 3 is 2.74 bits per heavy atom. The van der Waals surface area contributed by atoms with Gasteiger partial charge in [-0.15, -0.1) is 0 Å². The minimum Gasteiger partial charge on any atom is -0.354 e. The maximum absolute atomic E-state index is 13.3. The van der Waals surface area contributed by atoms with Crippen LogP contribution in [0.2, 0.25) is 0 Å². The third-order valence-corrected chi connectivity index (χ3v) is 3.80. The lowest BCUT2D eigenvalue weighted by molar-refractivity contribution is -0.127. The van der Waals surface area contributed by atoms with Crippen molar-refractivity contribution in [3.05, 3.63) is 35.6 Å². The Bertz CT molecular complexity index is 444. The van der Waals surface area contributed by atoms with Gasteiger partial charge in [0, 0.05) is 12.5 Å². The molecule has 0 saturated heterocycles. The number of carbonyl (C=O) groups excluding carboxylic acids is 1. The topological polar surface area (TPSA) is 32.3 Å². The van der Waals surface area contributed by atoms with Crippen molar-refractivity contribution in [1.29, 1.82) is 0 Å². The van der Waals surface area contributed by atoms with Crippen molar-refractivity contribution in [2.45, 2.75) is 25.3 Å². The number of carbonyl (C=O) groups is 1. The Hall–Kier alpha value is -1.42. The van der Waals surface area contributed by atoms with Crippen molar-refractivity contribution in [2.75, 3.05) is 20.6 Å². The van der Waals surface area contributed by atoms with E-state index in [2.05, 4.69) is 5.32 Å². The van der Waals surface area contributed by atoms with E-state index in [9.17, 15) is 9.18 Å². The number of hydrogen-bond acceptors (Lipinski definition) is 2. The minimum atomic E-state index is -0.241. The van der Waals surface area contributed by atoms with Crippen molar-refractivity contribution in [3.63, 3.8) is 0 Å². The number of hydrogen-bond donors (Lipinski definition) is 1.